The first-order chi connectivity index (χ1) is 10.8. The highest BCUT2D eigenvalue weighted by molar-refractivity contribution is 5.21. The van der Waals surface area contributed by atoms with Crippen molar-refractivity contribution in [3.63, 3.8) is 0 Å². The third kappa shape index (κ3) is 3.77. The van der Waals surface area contributed by atoms with Crippen LogP contribution in [0.25, 0.3) is 0 Å². The summed E-state index contributed by atoms with van der Waals surface area (Å²) in [6.07, 6.45) is 12.4. The van der Waals surface area contributed by atoms with Crippen LogP contribution in [0, 0.1) is 23.6 Å². The van der Waals surface area contributed by atoms with E-state index in [9.17, 15) is 8.78 Å². The molecule has 120 valence electrons. The average molecular weight is 304 g/mol. The maximum atomic E-state index is 13.0. The largest absolute Gasteiger partial charge is 0.216 e. The van der Waals surface area contributed by atoms with Gasteiger partial charge in [-0.2, -0.15) is 0 Å². The summed E-state index contributed by atoms with van der Waals surface area (Å²) in [4.78, 5) is 0. The lowest BCUT2D eigenvalue weighted by atomic mass is 9.68. The molecule has 0 N–H and O–H groups in total. The second kappa shape index (κ2) is 7.39. The lowest BCUT2D eigenvalue weighted by molar-refractivity contribution is 0.171. The van der Waals surface area contributed by atoms with E-state index in [0.717, 1.165) is 31.0 Å². The van der Waals surface area contributed by atoms with Gasteiger partial charge in [0.25, 0.3) is 0 Å². The molecule has 0 aromatic heterocycles. The molecular weight excluding hydrogens is 278 g/mol. The van der Waals surface area contributed by atoms with Gasteiger partial charge in [-0.25, -0.2) is 8.78 Å². The molecule has 2 saturated carbocycles. The Labute approximate surface area is 132 Å². The van der Waals surface area contributed by atoms with E-state index in [2.05, 4.69) is 0 Å². The van der Waals surface area contributed by atoms with Crippen molar-refractivity contribution in [3.05, 3.63) is 48.1 Å². The van der Waals surface area contributed by atoms with Crippen molar-refractivity contribution in [2.24, 2.45) is 17.8 Å². The summed E-state index contributed by atoms with van der Waals surface area (Å²) < 4.78 is 25.3. The van der Waals surface area contributed by atoms with Crippen LogP contribution in [0.1, 0.15) is 62.8 Å². The normalized spacial score (nSPS) is 33.2. The third-order valence-corrected chi connectivity index (χ3v) is 5.94. The first-order valence-corrected chi connectivity index (χ1v) is 8.78. The number of hydrogen-bond donors (Lipinski definition) is 0. The maximum absolute atomic E-state index is 13.0. The van der Waals surface area contributed by atoms with Crippen molar-refractivity contribution in [1.29, 1.82) is 0 Å². The van der Waals surface area contributed by atoms with E-state index in [1.807, 2.05) is 12.1 Å². The zero-order valence-electron chi connectivity index (χ0n) is 13.2. The Bertz CT molecular complexity index is 475. The highest BCUT2D eigenvalue weighted by Gasteiger charge is 2.30. The predicted octanol–water partition coefficient (Wildman–Crippen LogP) is 6.39. The fourth-order valence-corrected chi connectivity index (χ4v) is 4.57. The highest BCUT2D eigenvalue weighted by Crippen LogP contribution is 2.44. The van der Waals surface area contributed by atoms with E-state index < -0.39 is 0 Å². The van der Waals surface area contributed by atoms with Crippen molar-refractivity contribution >= 4 is 0 Å². The first-order valence-electron chi connectivity index (χ1n) is 8.78. The summed E-state index contributed by atoms with van der Waals surface area (Å²) >= 11 is 0. The molecule has 0 nitrogen and oxygen atoms in total. The number of rotatable bonds is 3. The standard InChI is InChI=1S/C20H26F2/c21-14-13-15-1-3-16(4-2-15)17-5-7-18(8-6-17)19-9-11-20(22)12-10-19/h9-18H,1-8H2/t15-,16-,17-,18-. The quantitative estimate of drug-likeness (QED) is 0.607. The van der Waals surface area contributed by atoms with Gasteiger partial charge in [0.1, 0.15) is 5.82 Å². The molecule has 2 fully saturated rings. The SMILES string of the molecule is FC=C[C@H]1CC[C@H]([C@H]2CC[C@H](c3ccc(F)cc3)CC2)CC1. The molecule has 0 unspecified atom stereocenters. The van der Waals surface area contributed by atoms with Gasteiger partial charge in [0, 0.05) is 0 Å². The first kappa shape index (κ1) is 15.7. The fraction of sp³-hybridized carbons (Fsp3) is 0.600. The van der Waals surface area contributed by atoms with Crippen LogP contribution in [0.5, 0.6) is 0 Å². The number of hydrogen-bond acceptors (Lipinski definition) is 0. The molecule has 22 heavy (non-hydrogen) atoms. The van der Waals surface area contributed by atoms with Gasteiger partial charge in [-0.1, -0.05) is 18.2 Å². The molecule has 1 aromatic carbocycles. The van der Waals surface area contributed by atoms with Crippen LogP contribution in [0.3, 0.4) is 0 Å². The number of allylic oxidation sites excluding steroid dienone is 1. The fourth-order valence-electron chi connectivity index (χ4n) is 4.57. The molecule has 0 saturated heterocycles. The number of benzene rings is 1. The molecule has 0 bridgehead atoms. The summed E-state index contributed by atoms with van der Waals surface area (Å²) in [6, 6.07) is 7.08. The van der Waals surface area contributed by atoms with Crippen LogP contribution in [0.4, 0.5) is 8.78 Å². The van der Waals surface area contributed by atoms with E-state index in [-0.39, 0.29) is 5.82 Å². The third-order valence-electron chi connectivity index (χ3n) is 5.94. The Morgan fingerprint density at radius 2 is 1.32 bits per heavy atom. The van der Waals surface area contributed by atoms with Crippen LogP contribution < -0.4 is 0 Å². The van der Waals surface area contributed by atoms with Crippen molar-refractivity contribution in [2.75, 3.05) is 0 Å². The Kier molecular flexibility index (Phi) is 5.28. The molecule has 1 aromatic rings. The van der Waals surface area contributed by atoms with Gasteiger partial charge < -0.3 is 0 Å². The predicted molar refractivity (Wildman–Crippen MR) is 86.8 cm³/mol. The van der Waals surface area contributed by atoms with Gasteiger partial charge in [-0.3, -0.25) is 0 Å². The minimum absolute atomic E-state index is 0.142. The van der Waals surface area contributed by atoms with E-state index in [4.69, 9.17) is 0 Å². The average Bonchev–Trinajstić information content (AvgIpc) is 2.57. The van der Waals surface area contributed by atoms with Gasteiger partial charge in [0.2, 0.25) is 0 Å². The second-order valence-corrected chi connectivity index (χ2v) is 7.16. The molecule has 0 aliphatic heterocycles. The Balaban J connectivity index is 1.49. The van der Waals surface area contributed by atoms with Crippen molar-refractivity contribution in [2.45, 2.75) is 57.3 Å². The summed E-state index contributed by atoms with van der Waals surface area (Å²) in [7, 11) is 0. The summed E-state index contributed by atoms with van der Waals surface area (Å²) in [5, 5.41) is 0. The smallest absolute Gasteiger partial charge is 0.123 e. The van der Waals surface area contributed by atoms with Gasteiger partial charge >= 0.3 is 0 Å². The zero-order valence-corrected chi connectivity index (χ0v) is 13.2. The molecule has 3 rings (SSSR count). The van der Waals surface area contributed by atoms with E-state index in [1.54, 1.807) is 18.2 Å². The molecule has 0 atom stereocenters. The van der Waals surface area contributed by atoms with Crippen molar-refractivity contribution in [1.82, 2.24) is 0 Å². The molecular formula is C20H26F2. The van der Waals surface area contributed by atoms with Crippen molar-refractivity contribution in [3.8, 4) is 0 Å². The molecule has 0 amide bonds. The lowest BCUT2D eigenvalue weighted by Crippen LogP contribution is -2.25. The molecule has 2 aliphatic carbocycles. The topological polar surface area (TPSA) is 0 Å². The number of halogens is 2. The molecule has 2 aliphatic rings. The van der Waals surface area contributed by atoms with Crippen molar-refractivity contribution < 1.29 is 8.78 Å². The van der Waals surface area contributed by atoms with E-state index in [0.29, 0.717) is 11.8 Å². The minimum Gasteiger partial charge on any atom is -0.216 e. The maximum Gasteiger partial charge on any atom is 0.123 e. The highest BCUT2D eigenvalue weighted by atomic mass is 19.1. The van der Waals surface area contributed by atoms with E-state index in [1.165, 1.54) is 44.1 Å². The van der Waals surface area contributed by atoms with Gasteiger partial charge in [-0.15, -0.1) is 0 Å². The Hall–Kier alpha value is -1.18. The summed E-state index contributed by atoms with van der Waals surface area (Å²) in [5.41, 5.74) is 1.30. The van der Waals surface area contributed by atoms with Gasteiger partial charge in [0.15, 0.2) is 0 Å². The zero-order chi connectivity index (χ0) is 15.4. The molecule has 0 spiro atoms. The lowest BCUT2D eigenvalue weighted by Gasteiger charge is -2.37. The van der Waals surface area contributed by atoms with E-state index >= 15 is 0 Å². The van der Waals surface area contributed by atoms with Crippen LogP contribution in [-0.4, -0.2) is 0 Å². The second-order valence-electron chi connectivity index (χ2n) is 7.16. The van der Waals surface area contributed by atoms with Crippen LogP contribution in [0.2, 0.25) is 0 Å². The van der Waals surface area contributed by atoms with Gasteiger partial charge in [0.05, 0.1) is 6.33 Å². The Morgan fingerprint density at radius 3 is 1.86 bits per heavy atom. The molecule has 2 heteroatoms. The monoisotopic (exact) mass is 304 g/mol. The van der Waals surface area contributed by atoms with Crippen LogP contribution >= 0.6 is 0 Å². The molecule has 0 radical (unpaired) electrons. The summed E-state index contributed by atoms with van der Waals surface area (Å²) in [6.45, 7) is 0. The Morgan fingerprint density at radius 1 is 0.773 bits per heavy atom. The molecule has 0 heterocycles. The summed E-state index contributed by atoms with van der Waals surface area (Å²) in [5.74, 6) is 2.64. The van der Waals surface area contributed by atoms with Gasteiger partial charge in [-0.05, 0) is 92.7 Å². The van der Waals surface area contributed by atoms with Crippen LogP contribution in [0.15, 0.2) is 36.7 Å². The van der Waals surface area contributed by atoms with Crippen LogP contribution in [-0.2, 0) is 0 Å². The minimum atomic E-state index is -0.142.